The van der Waals surface area contributed by atoms with Crippen molar-refractivity contribution in [2.45, 2.75) is 30.4 Å². The van der Waals surface area contributed by atoms with Crippen LogP contribution in [0.1, 0.15) is 19.4 Å². The summed E-state index contributed by atoms with van der Waals surface area (Å²) in [6.45, 7) is 4.19. The minimum absolute atomic E-state index is 0.0878. The first-order valence-corrected chi connectivity index (χ1v) is 9.92. The fourth-order valence-electron chi connectivity index (χ4n) is 2.96. The number of imidazole rings is 1. The molecule has 0 atom stereocenters. The first kappa shape index (κ1) is 19.6. The van der Waals surface area contributed by atoms with Crippen molar-refractivity contribution in [2.75, 3.05) is 5.32 Å². The van der Waals surface area contributed by atoms with Crippen LogP contribution in [0.5, 0.6) is 0 Å². The van der Waals surface area contributed by atoms with E-state index in [9.17, 15) is 9.59 Å². The molecule has 3 aromatic rings. The zero-order valence-electron chi connectivity index (χ0n) is 15.7. The summed E-state index contributed by atoms with van der Waals surface area (Å²) in [4.78, 5) is 25.8. The Labute approximate surface area is 167 Å². The highest BCUT2D eigenvalue weighted by molar-refractivity contribution is 8.00. The molecule has 0 spiro atoms. The quantitative estimate of drug-likeness (QED) is 0.649. The van der Waals surface area contributed by atoms with Crippen molar-refractivity contribution in [1.82, 2.24) is 9.13 Å². The number of anilines is 1. The van der Waals surface area contributed by atoms with Gasteiger partial charge in [0.2, 0.25) is 5.91 Å². The molecule has 27 heavy (non-hydrogen) atoms. The summed E-state index contributed by atoms with van der Waals surface area (Å²) in [5, 5.41) is 4.00. The minimum Gasteiger partial charge on any atom is -0.325 e. The van der Waals surface area contributed by atoms with Crippen molar-refractivity contribution in [3.63, 3.8) is 0 Å². The number of hydrogen-bond acceptors (Lipinski definition) is 3. The summed E-state index contributed by atoms with van der Waals surface area (Å²) in [5.74, 6) is -0.108. The third-order valence-corrected chi connectivity index (χ3v) is 5.60. The summed E-state index contributed by atoms with van der Waals surface area (Å²) in [6, 6.07) is 11.1. The van der Waals surface area contributed by atoms with Crippen molar-refractivity contribution >= 4 is 46.0 Å². The van der Waals surface area contributed by atoms with Gasteiger partial charge in [-0.05, 0) is 29.8 Å². The van der Waals surface area contributed by atoms with E-state index >= 15 is 0 Å². The molecule has 2 aromatic carbocycles. The van der Waals surface area contributed by atoms with Crippen LogP contribution in [-0.4, -0.2) is 20.3 Å². The van der Waals surface area contributed by atoms with Gasteiger partial charge in [-0.3, -0.25) is 13.9 Å². The molecule has 1 amide bonds. The lowest BCUT2D eigenvalue weighted by molar-refractivity contribution is -0.115. The van der Waals surface area contributed by atoms with Crippen molar-refractivity contribution in [3.8, 4) is 0 Å². The molecular weight excluding hydrogens is 382 g/mol. The number of rotatable bonds is 5. The fraction of sp³-hybridized carbons (Fsp3) is 0.300. The predicted octanol–water partition coefficient (Wildman–Crippen LogP) is 4.21. The molecule has 142 valence electrons. The maximum atomic E-state index is 12.6. The van der Waals surface area contributed by atoms with E-state index in [1.54, 1.807) is 47.1 Å². The SMILES string of the molecule is CC(C)Sc1cc2c(cc1NC(=O)Cc1ccc(Cl)cc1)n(C)c(=O)n2C. The van der Waals surface area contributed by atoms with Gasteiger partial charge in [0.1, 0.15) is 0 Å². The van der Waals surface area contributed by atoms with E-state index in [2.05, 4.69) is 19.2 Å². The Morgan fingerprint density at radius 2 is 1.70 bits per heavy atom. The molecule has 3 rings (SSSR count). The van der Waals surface area contributed by atoms with Crippen LogP contribution in [0.15, 0.2) is 46.1 Å². The maximum Gasteiger partial charge on any atom is 0.328 e. The van der Waals surface area contributed by atoms with Crippen LogP contribution in [0, 0.1) is 0 Å². The number of carbonyl (C=O) groups is 1. The van der Waals surface area contributed by atoms with Crippen LogP contribution in [-0.2, 0) is 25.3 Å². The molecule has 0 fully saturated rings. The van der Waals surface area contributed by atoms with Crippen LogP contribution in [0.4, 0.5) is 5.69 Å². The smallest absolute Gasteiger partial charge is 0.325 e. The zero-order valence-corrected chi connectivity index (χ0v) is 17.3. The molecule has 0 aliphatic carbocycles. The molecule has 0 saturated carbocycles. The number of carbonyl (C=O) groups excluding carboxylic acids is 1. The number of aromatic nitrogens is 2. The number of fused-ring (bicyclic) bond motifs is 1. The van der Waals surface area contributed by atoms with Gasteiger partial charge in [-0.15, -0.1) is 11.8 Å². The lowest BCUT2D eigenvalue weighted by Crippen LogP contribution is -2.19. The number of thioether (sulfide) groups is 1. The number of benzene rings is 2. The molecule has 0 bridgehead atoms. The van der Waals surface area contributed by atoms with Crippen LogP contribution in [0.25, 0.3) is 11.0 Å². The fourth-order valence-corrected chi connectivity index (χ4v) is 4.01. The van der Waals surface area contributed by atoms with E-state index in [-0.39, 0.29) is 18.0 Å². The van der Waals surface area contributed by atoms with Crippen molar-refractivity contribution in [1.29, 1.82) is 0 Å². The number of halogens is 1. The number of aryl methyl sites for hydroxylation is 2. The molecule has 5 nitrogen and oxygen atoms in total. The van der Waals surface area contributed by atoms with E-state index < -0.39 is 0 Å². The molecule has 0 unspecified atom stereocenters. The second-order valence-corrected chi connectivity index (χ2v) is 8.81. The highest BCUT2D eigenvalue weighted by Crippen LogP contribution is 2.34. The molecule has 0 aliphatic heterocycles. The lowest BCUT2D eigenvalue weighted by atomic mass is 10.1. The Morgan fingerprint density at radius 3 is 2.30 bits per heavy atom. The average Bonchev–Trinajstić information content (AvgIpc) is 2.81. The lowest BCUT2D eigenvalue weighted by Gasteiger charge is -2.14. The third kappa shape index (κ3) is 4.22. The van der Waals surface area contributed by atoms with Gasteiger partial charge < -0.3 is 5.32 Å². The average molecular weight is 404 g/mol. The van der Waals surface area contributed by atoms with Crippen LogP contribution >= 0.6 is 23.4 Å². The molecule has 7 heteroatoms. The largest absolute Gasteiger partial charge is 0.328 e. The van der Waals surface area contributed by atoms with Crippen LogP contribution < -0.4 is 11.0 Å². The Kier molecular flexibility index (Phi) is 5.67. The van der Waals surface area contributed by atoms with E-state index in [0.717, 1.165) is 27.2 Å². The molecule has 0 aliphatic rings. The topological polar surface area (TPSA) is 56.0 Å². The highest BCUT2D eigenvalue weighted by Gasteiger charge is 2.16. The summed E-state index contributed by atoms with van der Waals surface area (Å²) in [7, 11) is 3.49. The Balaban J connectivity index is 1.95. The molecular formula is C20H22ClN3O2S. The van der Waals surface area contributed by atoms with Gasteiger partial charge in [-0.25, -0.2) is 4.79 Å². The van der Waals surface area contributed by atoms with Crippen molar-refractivity contribution in [2.24, 2.45) is 14.1 Å². The van der Waals surface area contributed by atoms with Crippen molar-refractivity contribution in [3.05, 3.63) is 57.5 Å². The van der Waals surface area contributed by atoms with Gasteiger partial charge in [0.15, 0.2) is 0 Å². The number of nitrogens with zero attached hydrogens (tertiary/aromatic N) is 2. The van der Waals surface area contributed by atoms with Gasteiger partial charge >= 0.3 is 5.69 Å². The Morgan fingerprint density at radius 1 is 1.11 bits per heavy atom. The van der Waals surface area contributed by atoms with Crippen LogP contribution in [0.2, 0.25) is 5.02 Å². The van der Waals surface area contributed by atoms with Gasteiger partial charge in [-0.2, -0.15) is 0 Å². The zero-order chi connectivity index (χ0) is 19.7. The minimum atomic E-state index is -0.108. The van der Waals surface area contributed by atoms with E-state index in [1.165, 1.54) is 0 Å². The van der Waals surface area contributed by atoms with Crippen molar-refractivity contribution < 1.29 is 4.79 Å². The van der Waals surface area contributed by atoms with Gasteiger partial charge in [-0.1, -0.05) is 37.6 Å². The van der Waals surface area contributed by atoms with Gasteiger partial charge in [0.25, 0.3) is 0 Å². The second-order valence-electron chi connectivity index (χ2n) is 6.76. The molecule has 0 radical (unpaired) electrons. The highest BCUT2D eigenvalue weighted by atomic mass is 35.5. The third-order valence-electron chi connectivity index (χ3n) is 4.29. The van der Waals surface area contributed by atoms with E-state index in [4.69, 9.17) is 11.6 Å². The first-order valence-electron chi connectivity index (χ1n) is 8.66. The number of nitrogens with one attached hydrogen (secondary N) is 1. The number of amides is 1. The summed E-state index contributed by atoms with van der Waals surface area (Å²) < 4.78 is 3.22. The molecule has 1 N–H and O–H groups in total. The van der Waals surface area contributed by atoms with Gasteiger partial charge in [0.05, 0.1) is 23.1 Å². The van der Waals surface area contributed by atoms with Crippen LogP contribution in [0.3, 0.4) is 0 Å². The summed E-state index contributed by atoms with van der Waals surface area (Å²) in [5.41, 5.74) is 3.17. The standard InChI is InChI=1S/C20H22ClN3O2S/c1-12(2)27-18-11-17-16(23(3)20(26)24(17)4)10-15(18)22-19(25)9-13-5-7-14(21)8-6-13/h5-8,10-12H,9H2,1-4H3,(H,22,25). The summed E-state index contributed by atoms with van der Waals surface area (Å²) in [6.07, 6.45) is 0.259. The normalized spacial score (nSPS) is 11.3. The summed E-state index contributed by atoms with van der Waals surface area (Å²) >= 11 is 7.56. The van der Waals surface area contributed by atoms with E-state index in [1.807, 2.05) is 24.3 Å². The van der Waals surface area contributed by atoms with E-state index in [0.29, 0.717) is 10.3 Å². The number of hydrogen-bond donors (Lipinski definition) is 1. The second kappa shape index (κ2) is 7.82. The Hall–Kier alpha value is -2.18. The van der Waals surface area contributed by atoms with Gasteiger partial charge in [0, 0.05) is 29.3 Å². The molecule has 0 saturated heterocycles. The Bertz CT molecular complexity index is 1050. The monoisotopic (exact) mass is 403 g/mol. The molecule has 1 aromatic heterocycles. The maximum absolute atomic E-state index is 12.6. The predicted molar refractivity (Wildman–Crippen MR) is 113 cm³/mol. The molecule has 1 heterocycles. The first-order chi connectivity index (χ1) is 12.8.